The maximum absolute atomic E-state index is 6.52. The molecule has 1 spiro atoms. The number of anilines is 1. The molecule has 1 heteroatoms. The van der Waals surface area contributed by atoms with Crippen molar-refractivity contribution in [1.29, 1.82) is 0 Å². The molecule has 0 saturated heterocycles. The van der Waals surface area contributed by atoms with Crippen LogP contribution in [-0.2, 0) is 11.8 Å². The molecular weight excluding hydrogens is 482 g/mol. The van der Waals surface area contributed by atoms with Crippen LogP contribution in [0, 0.1) is 6.92 Å². The van der Waals surface area contributed by atoms with E-state index in [1.807, 2.05) is 6.07 Å². The summed E-state index contributed by atoms with van der Waals surface area (Å²) in [6, 6.07) is 49.1. The first-order valence-electron chi connectivity index (χ1n) is 14.0. The molecule has 6 aromatic rings. The van der Waals surface area contributed by atoms with Crippen LogP contribution in [-0.4, -0.2) is 0 Å². The lowest BCUT2D eigenvalue weighted by Crippen LogP contribution is -2.27. The Labute approximate surface area is 235 Å². The summed E-state index contributed by atoms with van der Waals surface area (Å²) < 4.78 is 0. The number of fused-ring (bicyclic) bond motifs is 10. The fourth-order valence-electron chi connectivity index (χ4n) is 7.25. The topological polar surface area (TPSA) is 26.0 Å². The van der Waals surface area contributed by atoms with Crippen LogP contribution in [0.25, 0.3) is 33.4 Å². The van der Waals surface area contributed by atoms with E-state index in [1.54, 1.807) is 0 Å². The van der Waals surface area contributed by atoms with Crippen molar-refractivity contribution >= 4 is 5.69 Å². The van der Waals surface area contributed by atoms with Gasteiger partial charge in [-0.25, -0.2) is 0 Å². The minimum absolute atomic E-state index is 0.419. The Morgan fingerprint density at radius 2 is 1.12 bits per heavy atom. The highest BCUT2D eigenvalue weighted by Crippen LogP contribution is 2.64. The third-order valence-corrected chi connectivity index (χ3v) is 8.89. The molecule has 0 heterocycles. The van der Waals surface area contributed by atoms with Crippen LogP contribution < -0.4 is 5.73 Å². The van der Waals surface area contributed by atoms with Crippen LogP contribution in [0.2, 0.25) is 0 Å². The van der Waals surface area contributed by atoms with Gasteiger partial charge in [-0.1, -0.05) is 127 Å². The van der Waals surface area contributed by atoms with Crippen molar-refractivity contribution in [3.63, 3.8) is 0 Å². The third-order valence-electron chi connectivity index (χ3n) is 8.89. The highest BCUT2D eigenvalue weighted by molar-refractivity contribution is 5.99. The fourth-order valence-corrected chi connectivity index (χ4v) is 7.25. The SMILES string of the molecule is Cc1ccc2c(c1)C1(c3cc(N)ccc3-2)c2ccccc2-c2cccc(-c3ccc(Cc4ccccc4)cc3)c21. The molecule has 190 valence electrons. The van der Waals surface area contributed by atoms with Crippen molar-refractivity contribution in [2.75, 3.05) is 5.73 Å². The van der Waals surface area contributed by atoms with Crippen LogP contribution in [0.5, 0.6) is 0 Å². The Kier molecular flexibility index (Phi) is 4.93. The largest absolute Gasteiger partial charge is 0.399 e. The van der Waals surface area contributed by atoms with Gasteiger partial charge in [-0.2, -0.15) is 0 Å². The van der Waals surface area contributed by atoms with Crippen molar-refractivity contribution in [2.24, 2.45) is 0 Å². The molecule has 0 saturated carbocycles. The quantitative estimate of drug-likeness (QED) is 0.235. The number of hydrogen-bond acceptors (Lipinski definition) is 1. The van der Waals surface area contributed by atoms with E-state index >= 15 is 0 Å². The van der Waals surface area contributed by atoms with Crippen LogP contribution in [0.3, 0.4) is 0 Å². The molecule has 8 rings (SSSR count). The lowest BCUT2D eigenvalue weighted by atomic mass is 9.68. The number of aryl methyl sites for hydroxylation is 1. The molecule has 1 atom stereocenters. The second-order valence-electron chi connectivity index (χ2n) is 11.2. The summed E-state index contributed by atoms with van der Waals surface area (Å²) in [4.78, 5) is 0. The van der Waals surface area contributed by atoms with E-state index in [-0.39, 0.29) is 0 Å². The molecule has 40 heavy (non-hydrogen) atoms. The van der Waals surface area contributed by atoms with E-state index in [0.29, 0.717) is 0 Å². The second-order valence-corrected chi connectivity index (χ2v) is 11.2. The molecule has 0 aromatic heterocycles. The van der Waals surface area contributed by atoms with Gasteiger partial charge in [0.2, 0.25) is 0 Å². The zero-order valence-electron chi connectivity index (χ0n) is 22.5. The average Bonchev–Trinajstić information content (AvgIpc) is 3.44. The highest BCUT2D eigenvalue weighted by Gasteiger charge is 2.52. The Bertz CT molecular complexity index is 1880. The average molecular weight is 512 g/mol. The Morgan fingerprint density at radius 3 is 1.95 bits per heavy atom. The molecule has 1 nitrogen and oxygen atoms in total. The molecule has 0 bridgehead atoms. The number of hydrogen-bond donors (Lipinski definition) is 1. The van der Waals surface area contributed by atoms with Crippen molar-refractivity contribution in [1.82, 2.24) is 0 Å². The molecular formula is C39H29N. The van der Waals surface area contributed by atoms with Crippen molar-refractivity contribution in [3.05, 3.63) is 172 Å². The Morgan fingerprint density at radius 1 is 0.500 bits per heavy atom. The van der Waals surface area contributed by atoms with Crippen LogP contribution in [0.4, 0.5) is 5.69 Å². The van der Waals surface area contributed by atoms with Crippen LogP contribution in [0.15, 0.2) is 133 Å². The minimum atomic E-state index is -0.419. The standard InChI is InChI=1S/C39H29N/c1-25-14-20-32-33-21-19-29(40)24-37(33)39(36(32)22-25)35-13-6-5-10-31(35)34-12-7-11-30(38(34)39)28-17-15-27(16-18-28)23-26-8-3-2-4-9-26/h2-22,24H,23,40H2,1H3. The van der Waals surface area contributed by atoms with Gasteiger partial charge in [-0.15, -0.1) is 0 Å². The van der Waals surface area contributed by atoms with Crippen molar-refractivity contribution in [2.45, 2.75) is 18.8 Å². The summed E-state index contributed by atoms with van der Waals surface area (Å²) in [5.41, 5.74) is 23.9. The van der Waals surface area contributed by atoms with Gasteiger partial charge in [0.05, 0.1) is 5.41 Å². The first-order valence-corrected chi connectivity index (χ1v) is 14.0. The predicted molar refractivity (Wildman–Crippen MR) is 167 cm³/mol. The molecule has 2 N–H and O–H groups in total. The van der Waals surface area contributed by atoms with Crippen LogP contribution in [0.1, 0.15) is 38.9 Å². The van der Waals surface area contributed by atoms with Gasteiger partial charge in [0.15, 0.2) is 0 Å². The van der Waals surface area contributed by atoms with E-state index in [4.69, 9.17) is 5.73 Å². The molecule has 0 amide bonds. The molecule has 2 aliphatic carbocycles. The molecule has 0 fully saturated rings. The van der Waals surface area contributed by atoms with Crippen LogP contribution >= 0.6 is 0 Å². The predicted octanol–water partition coefficient (Wildman–Crippen LogP) is 9.18. The summed E-state index contributed by atoms with van der Waals surface area (Å²) in [6.45, 7) is 2.20. The van der Waals surface area contributed by atoms with E-state index in [1.165, 1.54) is 72.3 Å². The lowest BCUT2D eigenvalue weighted by molar-refractivity contribution is 0.795. The fraction of sp³-hybridized carbons (Fsp3) is 0.0769. The molecule has 0 radical (unpaired) electrons. The van der Waals surface area contributed by atoms with Gasteiger partial charge >= 0.3 is 0 Å². The smallest absolute Gasteiger partial charge is 0.0732 e. The van der Waals surface area contributed by atoms with Crippen molar-refractivity contribution in [3.8, 4) is 33.4 Å². The summed E-state index contributed by atoms with van der Waals surface area (Å²) in [6.07, 6.45) is 0.933. The lowest BCUT2D eigenvalue weighted by Gasteiger charge is -2.32. The van der Waals surface area contributed by atoms with E-state index in [2.05, 4.69) is 134 Å². The Hall–Kier alpha value is -4.88. The maximum atomic E-state index is 6.52. The van der Waals surface area contributed by atoms with Gasteiger partial charge in [0.1, 0.15) is 0 Å². The maximum Gasteiger partial charge on any atom is 0.0732 e. The van der Waals surface area contributed by atoms with Crippen molar-refractivity contribution < 1.29 is 0 Å². The summed E-state index contributed by atoms with van der Waals surface area (Å²) in [5.74, 6) is 0. The van der Waals surface area contributed by atoms with E-state index in [9.17, 15) is 0 Å². The van der Waals surface area contributed by atoms with Gasteiger partial charge in [0.25, 0.3) is 0 Å². The van der Waals surface area contributed by atoms with Gasteiger partial charge in [-0.05, 0) is 92.2 Å². The van der Waals surface area contributed by atoms with Gasteiger partial charge in [0, 0.05) is 5.69 Å². The highest BCUT2D eigenvalue weighted by atomic mass is 14.6. The minimum Gasteiger partial charge on any atom is -0.399 e. The normalized spacial score (nSPS) is 15.9. The summed E-state index contributed by atoms with van der Waals surface area (Å²) in [5, 5.41) is 0. The number of nitrogens with two attached hydrogens (primary N) is 1. The summed E-state index contributed by atoms with van der Waals surface area (Å²) >= 11 is 0. The van der Waals surface area contributed by atoms with Gasteiger partial charge in [-0.3, -0.25) is 0 Å². The number of nitrogen functional groups attached to an aromatic ring is 1. The third kappa shape index (κ3) is 3.15. The Balaban J connectivity index is 1.40. The molecule has 1 unspecified atom stereocenters. The molecule has 6 aromatic carbocycles. The van der Waals surface area contributed by atoms with E-state index in [0.717, 1.165) is 12.1 Å². The monoisotopic (exact) mass is 511 g/mol. The molecule has 2 aliphatic rings. The zero-order valence-corrected chi connectivity index (χ0v) is 22.5. The number of benzene rings is 6. The van der Waals surface area contributed by atoms with Gasteiger partial charge < -0.3 is 5.73 Å². The van der Waals surface area contributed by atoms with E-state index < -0.39 is 5.41 Å². The first-order chi connectivity index (χ1) is 19.6. The second kappa shape index (κ2) is 8.56. The number of rotatable bonds is 3. The molecule has 0 aliphatic heterocycles. The zero-order chi connectivity index (χ0) is 26.8. The first kappa shape index (κ1) is 23.0. The summed E-state index contributed by atoms with van der Waals surface area (Å²) in [7, 11) is 0.